The molecule has 1 amide bonds. The lowest BCUT2D eigenvalue weighted by atomic mass is 9.93. The van der Waals surface area contributed by atoms with Crippen LogP contribution >= 0.6 is 0 Å². The monoisotopic (exact) mass is 354 g/mol. The normalized spacial score (nSPS) is 17.4. The lowest BCUT2D eigenvalue weighted by molar-refractivity contribution is 0.0857. The molecule has 6 nitrogen and oxygen atoms in total. The van der Waals surface area contributed by atoms with Gasteiger partial charge in [0.25, 0.3) is 0 Å². The first kappa shape index (κ1) is 16.5. The zero-order valence-electron chi connectivity index (χ0n) is 14.2. The molecule has 4 rings (SSSR count). The number of fused-ring (bicyclic) bond motifs is 1. The Hall–Kier alpha value is -2.96. The maximum atomic E-state index is 13.8. The number of carbonyl (C=O) groups is 1. The summed E-state index contributed by atoms with van der Waals surface area (Å²) in [4.78, 5) is 17.8. The molecule has 0 bridgehead atoms. The molecule has 7 heteroatoms. The third kappa shape index (κ3) is 3.24. The van der Waals surface area contributed by atoms with E-state index in [2.05, 4.69) is 15.2 Å². The Morgan fingerprint density at radius 3 is 3.00 bits per heavy atom. The lowest BCUT2D eigenvalue weighted by Gasteiger charge is -2.31. The Labute approximate surface area is 150 Å². The molecule has 3 heterocycles. The van der Waals surface area contributed by atoms with Crippen LogP contribution < -0.4 is 0 Å². The van der Waals surface area contributed by atoms with Gasteiger partial charge >= 0.3 is 6.09 Å². The van der Waals surface area contributed by atoms with Crippen molar-refractivity contribution in [3.8, 4) is 0 Å². The molecule has 1 atom stereocenters. The second-order valence-corrected chi connectivity index (χ2v) is 6.46. The van der Waals surface area contributed by atoms with Crippen molar-refractivity contribution in [2.24, 2.45) is 0 Å². The number of likely N-dealkylation sites (tertiary alicyclic amines) is 1. The summed E-state index contributed by atoms with van der Waals surface area (Å²) in [6.07, 6.45) is 2.88. The van der Waals surface area contributed by atoms with Crippen LogP contribution in [0.25, 0.3) is 10.9 Å². The molecule has 134 valence electrons. The minimum Gasteiger partial charge on any atom is -0.445 e. The first-order chi connectivity index (χ1) is 12.7. The molecule has 0 spiro atoms. The van der Waals surface area contributed by atoms with E-state index >= 15 is 0 Å². The molecule has 3 aromatic rings. The Morgan fingerprint density at radius 1 is 1.31 bits per heavy atom. The molecule has 0 aliphatic carbocycles. The van der Waals surface area contributed by atoms with E-state index in [-0.39, 0.29) is 24.1 Å². The molecule has 1 N–H and O–H groups in total. The first-order valence-electron chi connectivity index (χ1n) is 8.66. The standard InChI is InChI=1S/C19H19FN4O2/c20-18-17-15(8-9-21-18)16(22-23-17)14-7-4-10-24(11-14)19(25)26-12-13-5-2-1-3-6-13/h1-3,5-6,8-9,14H,4,7,10-12H2,(H,22,23)/t14-/m1/s1. The molecular weight excluding hydrogens is 335 g/mol. The van der Waals surface area contributed by atoms with Crippen molar-refractivity contribution in [2.45, 2.75) is 25.4 Å². The van der Waals surface area contributed by atoms with E-state index < -0.39 is 5.95 Å². The van der Waals surface area contributed by atoms with E-state index in [4.69, 9.17) is 4.74 Å². The number of hydrogen-bond acceptors (Lipinski definition) is 4. The summed E-state index contributed by atoms with van der Waals surface area (Å²) in [5, 5.41) is 7.70. The van der Waals surface area contributed by atoms with Gasteiger partial charge in [0, 0.05) is 36.3 Å². The number of benzene rings is 1. The number of hydrogen-bond donors (Lipinski definition) is 1. The van der Waals surface area contributed by atoms with Crippen LogP contribution in [0.15, 0.2) is 42.6 Å². The van der Waals surface area contributed by atoms with Gasteiger partial charge in [-0.2, -0.15) is 9.49 Å². The number of halogens is 1. The zero-order chi connectivity index (χ0) is 17.9. The van der Waals surface area contributed by atoms with Crippen molar-refractivity contribution in [1.82, 2.24) is 20.1 Å². The molecule has 1 saturated heterocycles. The van der Waals surface area contributed by atoms with E-state index in [0.29, 0.717) is 13.1 Å². The van der Waals surface area contributed by atoms with Gasteiger partial charge in [0.2, 0.25) is 5.95 Å². The summed E-state index contributed by atoms with van der Waals surface area (Å²) in [7, 11) is 0. The average Bonchev–Trinajstić information content (AvgIpc) is 3.12. The number of amides is 1. The molecule has 1 aliphatic heterocycles. The molecule has 0 unspecified atom stereocenters. The molecule has 1 aromatic carbocycles. The number of rotatable bonds is 3. The van der Waals surface area contributed by atoms with E-state index in [9.17, 15) is 9.18 Å². The number of H-pyrrole nitrogens is 1. The van der Waals surface area contributed by atoms with Crippen LogP contribution in [0.3, 0.4) is 0 Å². The third-order valence-electron chi connectivity index (χ3n) is 4.75. The van der Waals surface area contributed by atoms with Gasteiger partial charge in [-0.05, 0) is 24.5 Å². The summed E-state index contributed by atoms with van der Waals surface area (Å²) < 4.78 is 19.2. The molecule has 1 fully saturated rings. The van der Waals surface area contributed by atoms with Gasteiger partial charge in [0.05, 0.1) is 0 Å². The summed E-state index contributed by atoms with van der Waals surface area (Å²) in [5.41, 5.74) is 2.05. The van der Waals surface area contributed by atoms with Gasteiger partial charge in [0.1, 0.15) is 12.1 Å². The number of aromatic amines is 1. The highest BCUT2D eigenvalue weighted by Gasteiger charge is 2.28. The van der Waals surface area contributed by atoms with Crippen LogP contribution in [0.2, 0.25) is 0 Å². The van der Waals surface area contributed by atoms with Crippen LogP contribution in [0.4, 0.5) is 9.18 Å². The summed E-state index contributed by atoms with van der Waals surface area (Å²) in [5.74, 6) is -0.514. The SMILES string of the molecule is O=C(OCc1ccccc1)N1CCC[C@@H](c2[nH]nc3c(F)nccc23)C1. The van der Waals surface area contributed by atoms with Crippen molar-refractivity contribution in [2.75, 3.05) is 13.1 Å². The van der Waals surface area contributed by atoms with Crippen molar-refractivity contribution in [3.63, 3.8) is 0 Å². The van der Waals surface area contributed by atoms with Gasteiger partial charge in [-0.25, -0.2) is 9.78 Å². The molecule has 0 saturated carbocycles. The second-order valence-electron chi connectivity index (χ2n) is 6.46. The summed E-state index contributed by atoms with van der Waals surface area (Å²) in [6.45, 7) is 1.44. The third-order valence-corrected chi connectivity index (χ3v) is 4.75. The Morgan fingerprint density at radius 2 is 2.15 bits per heavy atom. The van der Waals surface area contributed by atoms with Crippen molar-refractivity contribution < 1.29 is 13.9 Å². The fraction of sp³-hybridized carbons (Fsp3) is 0.316. The minimum atomic E-state index is -0.583. The molecule has 0 radical (unpaired) electrons. The zero-order valence-corrected chi connectivity index (χ0v) is 14.2. The number of nitrogens with one attached hydrogen (secondary N) is 1. The second kappa shape index (κ2) is 7.11. The average molecular weight is 354 g/mol. The van der Waals surface area contributed by atoms with Crippen molar-refractivity contribution in [3.05, 3.63) is 59.8 Å². The maximum Gasteiger partial charge on any atom is 0.410 e. The number of aromatic nitrogens is 3. The van der Waals surface area contributed by atoms with Gasteiger partial charge in [-0.1, -0.05) is 30.3 Å². The quantitative estimate of drug-likeness (QED) is 0.730. The fourth-order valence-corrected chi connectivity index (χ4v) is 3.43. The Balaban J connectivity index is 1.45. The van der Waals surface area contributed by atoms with E-state index in [1.165, 1.54) is 6.20 Å². The van der Waals surface area contributed by atoms with Crippen LogP contribution in [0.5, 0.6) is 0 Å². The molecular formula is C19H19FN4O2. The highest BCUT2D eigenvalue weighted by molar-refractivity contribution is 5.81. The highest BCUT2D eigenvalue weighted by Crippen LogP contribution is 2.31. The largest absolute Gasteiger partial charge is 0.445 e. The maximum absolute atomic E-state index is 13.8. The van der Waals surface area contributed by atoms with Gasteiger partial charge in [-0.3, -0.25) is 5.10 Å². The molecule has 1 aliphatic rings. The van der Waals surface area contributed by atoms with Crippen LogP contribution in [-0.4, -0.2) is 39.3 Å². The minimum absolute atomic E-state index is 0.0693. The molecule has 26 heavy (non-hydrogen) atoms. The highest BCUT2D eigenvalue weighted by atomic mass is 19.1. The van der Waals surface area contributed by atoms with Crippen LogP contribution in [-0.2, 0) is 11.3 Å². The summed E-state index contributed by atoms with van der Waals surface area (Å²) in [6, 6.07) is 11.4. The lowest BCUT2D eigenvalue weighted by Crippen LogP contribution is -2.39. The number of nitrogens with zero attached hydrogens (tertiary/aromatic N) is 3. The van der Waals surface area contributed by atoms with Gasteiger partial charge in [-0.15, -0.1) is 0 Å². The predicted octanol–water partition coefficient (Wildman–Crippen LogP) is 3.61. The topological polar surface area (TPSA) is 71.1 Å². The number of piperidine rings is 1. The van der Waals surface area contributed by atoms with Crippen LogP contribution in [0, 0.1) is 5.95 Å². The van der Waals surface area contributed by atoms with Gasteiger partial charge in [0.15, 0.2) is 0 Å². The number of carbonyl (C=O) groups excluding carboxylic acids is 1. The Bertz CT molecular complexity index is 912. The molecule has 2 aromatic heterocycles. The summed E-state index contributed by atoms with van der Waals surface area (Å²) >= 11 is 0. The van der Waals surface area contributed by atoms with Crippen molar-refractivity contribution in [1.29, 1.82) is 0 Å². The smallest absolute Gasteiger partial charge is 0.410 e. The van der Waals surface area contributed by atoms with Gasteiger partial charge < -0.3 is 9.64 Å². The van der Waals surface area contributed by atoms with Crippen LogP contribution in [0.1, 0.15) is 30.0 Å². The van der Waals surface area contributed by atoms with E-state index in [1.54, 1.807) is 11.0 Å². The van der Waals surface area contributed by atoms with E-state index in [1.807, 2.05) is 30.3 Å². The fourth-order valence-electron chi connectivity index (χ4n) is 3.43. The number of ether oxygens (including phenoxy) is 1. The predicted molar refractivity (Wildman–Crippen MR) is 94.0 cm³/mol. The van der Waals surface area contributed by atoms with E-state index in [0.717, 1.165) is 29.5 Å². The first-order valence-corrected chi connectivity index (χ1v) is 8.66. The Kier molecular flexibility index (Phi) is 4.51. The number of pyridine rings is 1. The van der Waals surface area contributed by atoms with Crippen molar-refractivity contribution >= 4 is 17.0 Å².